The van der Waals surface area contributed by atoms with Crippen LogP contribution in [0.5, 0.6) is 5.75 Å². The molecule has 1 unspecified atom stereocenters. The van der Waals surface area contributed by atoms with Gasteiger partial charge in [-0.25, -0.2) is 0 Å². The lowest BCUT2D eigenvalue weighted by molar-refractivity contribution is -0.123. The monoisotopic (exact) mass is 313 g/mol. The summed E-state index contributed by atoms with van der Waals surface area (Å²) in [6, 6.07) is 5.98. The van der Waals surface area contributed by atoms with Gasteiger partial charge in [-0.1, -0.05) is 35.3 Å². The number of hydrogen-bond donors (Lipinski definition) is 1. The molecule has 0 saturated heterocycles. The zero-order valence-electron chi connectivity index (χ0n) is 11.1. The van der Waals surface area contributed by atoms with Crippen LogP contribution in [-0.4, -0.2) is 18.6 Å². The maximum Gasteiger partial charge on any atom is 0.258 e. The predicted molar refractivity (Wildman–Crippen MR) is 76.9 cm³/mol. The number of nitrogens with one attached hydrogen (secondary N) is 1. The fourth-order valence-electron chi connectivity index (χ4n) is 1.69. The van der Waals surface area contributed by atoms with E-state index in [1.54, 1.807) is 0 Å². The van der Waals surface area contributed by atoms with Gasteiger partial charge in [0.15, 0.2) is 6.61 Å². The number of halogens is 1. The minimum absolute atomic E-state index is 0.0609. The second-order valence-electron chi connectivity index (χ2n) is 4.46. The van der Waals surface area contributed by atoms with Crippen LogP contribution in [0.4, 0.5) is 0 Å². The Kier molecular flexibility index (Phi) is 6.19. The molecule has 0 aliphatic carbocycles. The SMILES string of the molecule is CCCC(C)NC(=O)COc1cc(Br)ccc1C. The van der Waals surface area contributed by atoms with Gasteiger partial charge in [0.25, 0.3) is 5.91 Å². The molecule has 0 fully saturated rings. The number of carbonyl (C=O) groups excluding carboxylic acids is 1. The first-order valence-corrected chi connectivity index (χ1v) is 7.00. The van der Waals surface area contributed by atoms with Gasteiger partial charge in [-0.15, -0.1) is 0 Å². The van der Waals surface area contributed by atoms with Crippen LogP contribution in [0.15, 0.2) is 22.7 Å². The van der Waals surface area contributed by atoms with Crippen molar-refractivity contribution in [1.29, 1.82) is 0 Å². The number of carbonyl (C=O) groups is 1. The lowest BCUT2D eigenvalue weighted by atomic mass is 10.2. The van der Waals surface area contributed by atoms with Gasteiger partial charge in [0, 0.05) is 10.5 Å². The summed E-state index contributed by atoms with van der Waals surface area (Å²) < 4.78 is 6.46. The summed E-state index contributed by atoms with van der Waals surface area (Å²) in [5, 5.41) is 2.91. The van der Waals surface area contributed by atoms with Crippen molar-refractivity contribution in [2.24, 2.45) is 0 Å². The van der Waals surface area contributed by atoms with Crippen molar-refractivity contribution in [3.8, 4) is 5.75 Å². The van der Waals surface area contributed by atoms with E-state index in [1.807, 2.05) is 32.0 Å². The Balaban J connectivity index is 2.45. The largest absolute Gasteiger partial charge is 0.483 e. The average Bonchev–Trinajstić information content (AvgIpc) is 2.30. The highest BCUT2D eigenvalue weighted by atomic mass is 79.9. The number of rotatable bonds is 6. The first kappa shape index (κ1) is 15.0. The molecule has 100 valence electrons. The fourth-order valence-corrected chi connectivity index (χ4v) is 2.03. The molecule has 0 radical (unpaired) electrons. The Morgan fingerprint density at radius 1 is 1.50 bits per heavy atom. The Morgan fingerprint density at radius 2 is 2.22 bits per heavy atom. The summed E-state index contributed by atoms with van der Waals surface area (Å²) >= 11 is 3.38. The van der Waals surface area contributed by atoms with Crippen molar-refractivity contribution in [2.45, 2.75) is 39.7 Å². The van der Waals surface area contributed by atoms with Crippen LogP contribution >= 0.6 is 15.9 Å². The Bertz CT molecular complexity index is 407. The Morgan fingerprint density at radius 3 is 2.89 bits per heavy atom. The van der Waals surface area contributed by atoms with E-state index >= 15 is 0 Å². The molecule has 3 nitrogen and oxygen atoms in total. The second-order valence-corrected chi connectivity index (χ2v) is 5.37. The van der Waals surface area contributed by atoms with E-state index in [2.05, 4.69) is 28.2 Å². The molecule has 0 aromatic heterocycles. The molecule has 4 heteroatoms. The van der Waals surface area contributed by atoms with Crippen molar-refractivity contribution >= 4 is 21.8 Å². The van der Waals surface area contributed by atoms with Gasteiger partial charge >= 0.3 is 0 Å². The van der Waals surface area contributed by atoms with E-state index in [-0.39, 0.29) is 18.6 Å². The molecule has 1 N–H and O–H groups in total. The Hall–Kier alpha value is -1.03. The van der Waals surface area contributed by atoms with Gasteiger partial charge in [-0.05, 0) is 38.0 Å². The summed E-state index contributed by atoms with van der Waals surface area (Å²) in [5.74, 6) is 0.665. The minimum Gasteiger partial charge on any atom is -0.483 e. The van der Waals surface area contributed by atoms with Crippen molar-refractivity contribution in [3.63, 3.8) is 0 Å². The van der Waals surface area contributed by atoms with Gasteiger partial charge in [0.1, 0.15) is 5.75 Å². The van der Waals surface area contributed by atoms with E-state index < -0.39 is 0 Å². The molecular weight excluding hydrogens is 294 g/mol. The topological polar surface area (TPSA) is 38.3 Å². The van der Waals surface area contributed by atoms with Gasteiger partial charge < -0.3 is 10.1 Å². The molecule has 0 bridgehead atoms. The first-order valence-electron chi connectivity index (χ1n) is 6.21. The molecule has 1 rings (SSSR count). The molecule has 0 saturated carbocycles. The standard InChI is InChI=1S/C14H20BrNO2/c1-4-5-11(3)16-14(17)9-18-13-8-12(15)7-6-10(13)2/h6-8,11H,4-5,9H2,1-3H3,(H,16,17). The molecular formula is C14H20BrNO2. The molecule has 0 aliphatic heterocycles. The minimum atomic E-state index is -0.0738. The third-order valence-corrected chi connectivity index (χ3v) is 3.13. The van der Waals surface area contributed by atoms with Crippen LogP contribution < -0.4 is 10.1 Å². The average molecular weight is 314 g/mol. The maximum absolute atomic E-state index is 11.7. The normalized spacial score (nSPS) is 12.0. The van der Waals surface area contributed by atoms with Crippen LogP contribution in [0.3, 0.4) is 0 Å². The fraction of sp³-hybridized carbons (Fsp3) is 0.500. The Labute approximate surface area is 117 Å². The van der Waals surface area contributed by atoms with Crippen LogP contribution in [0.25, 0.3) is 0 Å². The maximum atomic E-state index is 11.7. The summed E-state index contributed by atoms with van der Waals surface area (Å²) in [6.45, 7) is 6.13. The van der Waals surface area contributed by atoms with Crippen molar-refractivity contribution in [3.05, 3.63) is 28.2 Å². The zero-order valence-corrected chi connectivity index (χ0v) is 12.7. The predicted octanol–water partition coefficient (Wildman–Crippen LogP) is 3.44. The van der Waals surface area contributed by atoms with E-state index in [1.165, 1.54) is 0 Å². The van der Waals surface area contributed by atoms with Crippen molar-refractivity contribution in [1.82, 2.24) is 5.32 Å². The van der Waals surface area contributed by atoms with E-state index in [0.717, 1.165) is 28.6 Å². The highest BCUT2D eigenvalue weighted by molar-refractivity contribution is 9.10. The third-order valence-electron chi connectivity index (χ3n) is 2.64. The zero-order chi connectivity index (χ0) is 13.5. The molecule has 0 heterocycles. The van der Waals surface area contributed by atoms with Crippen LogP contribution in [0, 0.1) is 6.92 Å². The van der Waals surface area contributed by atoms with Gasteiger partial charge in [0.2, 0.25) is 0 Å². The lowest BCUT2D eigenvalue weighted by Gasteiger charge is -2.14. The number of ether oxygens (including phenoxy) is 1. The molecule has 0 aliphatic rings. The first-order chi connectivity index (χ1) is 8.52. The molecule has 1 amide bonds. The highest BCUT2D eigenvalue weighted by Crippen LogP contribution is 2.22. The summed E-state index contributed by atoms with van der Waals surface area (Å²) in [6.07, 6.45) is 2.05. The quantitative estimate of drug-likeness (QED) is 0.873. The molecule has 1 aromatic carbocycles. The van der Waals surface area contributed by atoms with Crippen LogP contribution in [0.2, 0.25) is 0 Å². The molecule has 1 atom stereocenters. The van der Waals surface area contributed by atoms with Crippen LogP contribution in [-0.2, 0) is 4.79 Å². The third kappa shape index (κ3) is 5.08. The number of hydrogen-bond acceptors (Lipinski definition) is 2. The van der Waals surface area contributed by atoms with Gasteiger partial charge in [0.05, 0.1) is 0 Å². The number of amides is 1. The van der Waals surface area contributed by atoms with E-state index in [0.29, 0.717) is 0 Å². The molecule has 0 spiro atoms. The van der Waals surface area contributed by atoms with E-state index in [4.69, 9.17) is 4.74 Å². The van der Waals surface area contributed by atoms with Crippen molar-refractivity contribution in [2.75, 3.05) is 6.61 Å². The summed E-state index contributed by atoms with van der Waals surface area (Å²) in [7, 11) is 0. The second kappa shape index (κ2) is 7.41. The highest BCUT2D eigenvalue weighted by Gasteiger charge is 2.08. The summed E-state index contributed by atoms with van der Waals surface area (Å²) in [5.41, 5.74) is 1.02. The van der Waals surface area contributed by atoms with Crippen LogP contribution in [0.1, 0.15) is 32.3 Å². The molecule has 1 aromatic rings. The molecule has 18 heavy (non-hydrogen) atoms. The smallest absolute Gasteiger partial charge is 0.258 e. The van der Waals surface area contributed by atoms with Crippen molar-refractivity contribution < 1.29 is 9.53 Å². The number of benzene rings is 1. The lowest BCUT2D eigenvalue weighted by Crippen LogP contribution is -2.36. The number of aryl methyl sites for hydroxylation is 1. The van der Waals surface area contributed by atoms with E-state index in [9.17, 15) is 4.79 Å². The van der Waals surface area contributed by atoms with Gasteiger partial charge in [-0.2, -0.15) is 0 Å². The van der Waals surface area contributed by atoms with Gasteiger partial charge in [-0.3, -0.25) is 4.79 Å². The summed E-state index contributed by atoms with van der Waals surface area (Å²) in [4.78, 5) is 11.7.